The van der Waals surface area contributed by atoms with Gasteiger partial charge in [0.05, 0.1) is 6.04 Å². The summed E-state index contributed by atoms with van der Waals surface area (Å²) >= 11 is 0. The molecule has 1 unspecified atom stereocenters. The molecule has 0 heterocycles. The van der Waals surface area contributed by atoms with Crippen molar-refractivity contribution in [1.29, 1.82) is 0 Å². The Morgan fingerprint density at radius 1 is 0.919 bits per heavy atom. The molecule has 0 amide bonds. The van der Waals surface area contributed by atoms with Gasteiger partial charge in [-0.15, -0.1) is 0 Å². The summed E-state index contributed by atoms with van der Waals surface area (Å²) in [5.74, 6) is 0.148. The largest absolute Gasteiger partial charge is 0.357 e. The van der Waals surface area contributed by atoms with Gasteiger partial charge in [-0.05, 0) is 76.6 Å². The maximum Gasteiger partial charge on any atom is 0.151 e. The second-order valence-electron chi connectivity index (χ2n) is 9.03. The number of hydrogen-bond acceptors (Lipinski definition) is 2. The van der Waals surface area contributed by atoms with E-state index in [0.717, 1.165) is 11.3 Å². The number of carbonyl (C=O) groups excluding carboxylic acids is 1. The molecular weight excluding hydrogens is 450 g/mol. The average Bonchev–Trinajstić information content (AvgIpc) is 2.91. The molecule has 2 heteroatoms. The molecule has 2 aromatic rings. The van der Waals surface area contributed by atoms with Crippen LogP contribution in [0.2, 0.25) is 0 Å². The third-order valence-corrected chi connectivity index (χ3v) is 6.19. The number of rotatable bonds is 7. The quantitative estimate of drug-likeness (QED) is 0.376. The summed E-state index contributed by atoms with van der Waals surface area (Å²) in [6, 6.07) is 14.4. The molecular formula is C35H51NO. The number of aryl methyl sites for hydroxylation is 3. The van der Waals surface area contributed by atoms with Crippen molar-refractivity contribution >= 4 is 11.5 Å². The van der Waals surface area contributed by atoms with Crippen molar-refractivity contribution in [3.05, 3.63) is 113 Å². The molecule has 0 saturated heterocycles. The molecule has 0 aliphatic heterocycles. The third-order valence-electron chi connectivity index (χ3n) is 6.19. The Kier molecular flexibility index (Phi) is 16.6. The van der Waals surface area contributed by atoms with Crippen LogP contribution in [-0.2, 0) is 11.3 Å². The highest BCUT2D eigenvalue weighted by Gasteiger charge is 2.22. The summed E-state index contributed by atoms with van der Waals surface area (Å²) in [5.41, 5.74) is 9.36. The van der Waals surface area contributed by atoms with Crippen molar-refractivity contribution in [2.24, 2.45) is 0 Å². The first-order valence-corrected chi connectivity index (χ1v) is 13.7. The number of allylic oxidation sites excluding steroid dienone is 5. The molecule has 202 valence electrons. The Hall–Kier alpha value is -3.13. The first-order valence-electron chi connectivity index (χ1n) is 13.7. The zero-order valence-electron chi connectivity index (χ0n) is 25.2. The molecule has 2 nitrogen and oxygen atoms in total. The van der Waals surface area contributed by atoms with E-state index < -0.39 is 0 Å². The Morgan fingerprint density at radius 3 is 2.00 bits per heavy atom. The van der Waals surface area contributed by atoms with Gasteiger partial charge in [0.25, 0.3) is 0 Å². The second kappa shape index (κ2) is 18.2. The Morgan fingerprint density at radius 2 is 1.54 bits per heavy atom. The van der Waals surface area contributed by atoms with Gasteiger partial charge in [-0.2, -0.15) is 0 Å². The summed E-state index contributed by atoms with van der Waals surface area (Å²) in [6.07, 6.45) is 8.95. The number of nitrogens with zero attached hydrogens (tertiary/aromatic N) is 1. The van der Waals surface area contributed by atoms with Gasteiger partial charge in [-0.1, -0.05) is 113 Å². The molecule has 3 rings (SSSR count). The molecule has 1 atom stereocenters. The van der Waals surface area contributed by atoms with Crippen LogP contribution in [0.15, 0.2) is 85.0 Å². The average molecular weight is 502 g/mol. The highest BCUT2D eigenvalue weighted by atomic mass is 16.1. The van der Waals surface area contributed by atoms with E-state index in [-0.39, 0.29) is 11.8 Å². The molecule has 0 saturated carbocycles. The van der Waals surface area contributed by atoms with Gasteiger partial charge in [-0.25, -0.2) is 0 Å². The van der Waals surface area contributed by atoms with Gasteiger partial charge in [0, 0.05) is 17.8 Å². The van der Waals surface area contributed by atoms with E-state index in [4.69, 9.17) is 0 Å². The molecule has 0 fully saturated rings. The van der Waals surface area contributed by atoms with Crippen LogP contribution in [0.3, 0.4) is 0 Å². The van der Waals surface area contributed by atoms with Gasteiger partial charge in [-0.3, -0.25) is 4.79 Å². The molecule has 0 bridgehead atoms. The zero-order chi connectivity index (χ0) is 28.5. The minimum Gasteiger partial charge on any atom is -0.357 e. The van der Waals surface area contributed by atoms with Crippen LogP contribution in [0.1, 0.15) is 89.1 Å². The van der Waals surface area contributed by atoms with Gasteiger partial charge >= 0.3 is 0 Å². The van der Waals surface area contributed by atoms with Crippen LogP contribution in [0.25, 0.3) is 5.70 Å². The van der Waals surface area contributed by atoms with Crippen molar-refractivity contribution < 1.29 is 4.79 Å². The maximum atomic E-state index is 12.1. The molecule has 0 N–H and O–H groups in total. The standard InChI is InChI=1S/C22H27NO.C9H12.2C2H6/c1-15-11-12-21(17(3)13-15)14-23(18(4)20(6)24)19(5)22-10-8-7-9-16(22)2;1-8(2)9-6-4-3-5-7-9;2*1-2/h7-13,18H,5,14H2,1-4,6H3;4,6-7H,1,3,5H2,2H3;2*1-2H3. The van der Waals surface area contributed by atoms with E-state index in [1.807, 2.05) is 53.7 Å². The van der Waals surface area contributed by atoms with E-state index in [2.05, 4.69) is 87.4 Å². The molecule has 0 aromatic heterocycles. The lowest BCUT2D eigenvalue weighted by Gasteiger charge is -2.33. The fraction of sp³-hybridized carbons (Fsp3) is 0.400. The van der Waals surface area contributed by atoms with Gasteiger partial charge in [0.15, 0.2) is 5.78 Å². The predicted octanol–water partition coefficient (Wildman–Crippen LogP) is 9.95. The maximum absolute atomic E-state index is 12.1. The highest BCUT2D eigenvalue weighted by molar-refractivity contribution is 5.83. The number of Topliss-reactive ketones (excluding diaryl/α,β-unsaturated/α-hetero) is 1. The van der Waals surface area contributed by atoms with Crippen LogP contribution >= 0.6 is 0 Å². The number of hydrogen-bond donors (Lipinski definition) is 0. The summed E-state index contributed by atoms with van der Waals surface area (Å²) in [6.45, 7) is 28.8. The van der Waals surface area contributed by atoms with Crippen molar-refractivity contribution in [3.63, 3.8) is 0 Å². The van der Waals surface area contributed by atoms with Gasteiger partial charge < -0.3 is 4.90 Å². The first-order chi connectivity index (χ1) is 17.6. The second-order valence-corrected chi connectivity index (χ2v) is 9.03. The van der Waals surface area contributed by atoms with Crippen LogP contribution in [0, 0.1) is 20.8 Å². The normalized spacial score (nSPS) is 12.2. The lowest BCUT2D eigenvalue weighted by atomic mass is 10.0. The summed E-state index contributed by atoms with van der Waals surface area (Å²) in [5, 5.41) is 0. The first kappa shape index (κ1) is 33.9. The summed E-state index contributed by atoms with van der Waals surface area (Å²) in [7, 11) is 0. The van der Waals surface area contributed by atoms with Crippen LogP contribution < -0.4 is 0 Å². The Bertz CT molecular complexity index is 1070. The van der Waals surface area contributed by atoms with Gasteiger partial charge in [0.1, 0.15) is 0 Å². The van der Waals surface area contributed by atoms with E-state index in [0.29, 0.717) is 6.54 Å². The molecule has 37 heavy (non-hydrogen) atoms. The van der Waals surface area contributed by atoms with Gasteiger partial charge in [0.2, 0.25) is 0 Å². The molecule has 1 aliphatic carbocycles. The monoisotopic (exact) mass is 501 g/mol. The molecule has 0 spiro atoms. The number of benzene rings is 2. The predicted molar refractivity (Wildman–Crippen MR) is 166 cm³/mol. The number of ketones is 1. The molecule has 2 aromatic carbocycles. The smallest absolute Gasteiger partial charge is 0.151 e. The van der Waals surface area contributed by atoms with E-state index in [1.54, 1.807) is 6.92 Å². The number of carbonyl (C=O) groups is 1. The van der Waals surface area contributed by atoms with Crippen LogP contribution in [-0.4, -0.2) is 16.7 Å². The topological polar surface area (TPSA) is 20.3 Å². The van der Waals surface area contributed by atoms with Crippen LogP contribution in [0.5, 0.6) is 0 Å². The molecule has 1 aliphatic rings. The lowest BCUT2D eigenvalue weighted by molar-refractivity contribution is -0.120. The zero-order valence-corrected chi connectivity index (χ0v) is 25.2. The summed E-state index contributed by atoms with van der Waals surface area (Å²) < 4.78 is 0. The van der Waals surface area contributed by atoms with Crippen molar-refractivity contribution in [3.8, 4) is 0 Å². The lowest BCUT2D eigenvalue weighted by Crippen LogP contribution is -2.36. The van der Waals surface area contributed by atoms with Crippen molar-refractivity contribution in [2.75, 3.05) is 0 Å². The summed E-state index contributed by atoms with van der Waals surface area (Å²) in [4.78, 5) is 14.2. The SMILES string of the molecule is C=C(C)C1=CCCC=C1.C=C(c1ccccc1C)N(Cc1ccc(C)cc1C)C(C)C(C)=O.CC.CC. The minimum atomic E-state index is -0.210. The fourth-order valence-corrected chi connectivity index (χ4v) is 3.87. The Balaban J connectivity index is 0.000000829. The van der Waals surface area contributed by atoms with Crippen LogP contribution in [0.4, 0.5) is 0 Å². The molecule has 0 radical (unpaired) electrons. The van der Waals surface area contributed by atoms with Crippen molar-refractivity contribution in [1.82, 2.24) is 4.90 Å². The van der Waals surface area contributed by atoms with E-state index >= 15 is 0 Å². The minimum absolute atomic E-state index is 0.148. The fourth-order valence-electron chi connectivity index (χ4n) is 3.87. The van der Waals surface area contributed by atoms with E-state index in [1.165, 1.54) is 46.2 Å². The van der Waals surface area contributed by atoms with Crippen molar-refractivity contribution in [2.45, 2.75) is 94.7 Å². The highest BCUT2D eigenvalue weighted by Crippen LogP contribution is 2.26. The third kappa shape index (κ3) is 11.2. The Labute approximate surface area is 228 Å². The van der Waals surface area contributed by atoms with E-state index in [9.17, 15) is 4.79 Å².